The van der Waals surface area contributed by atoms with Crippen LogP contribution < -0.4 is 9.47 Å². The molecule has 0 unspecified atom stereocenters. The van der Waals surface area contributed by atoms with Gasteiger partial charge in [0, 0.05) is 43.2 Å². The fourth-order valence-corrected chi connectivity index (χ4v) is 4.90. The molecule has 3 aromatic rings. The van der Waals surface area contributed by atoms with Gasteiger partial charge in [-0.2, -0.15) is 0 Å². The second-order valence-electron chi connectivity index (χ2n) is 6.93. The number of amides is 1. The predicted octanol–water partition coefficient (Wildman–Crippen LogP) is 4.36. The van der Waals surface area contributed by atoms with E-state index >= 15 is 0 Å². The summed E-state index contributed by atoms with van der Waals surface area (Å²) in [7, 11) is 1.64. The van der Waals surface area contributed by atoms with Crippen molar-refractivity contribution in [3.63, 3.8) is 0 Å². The Balaban J connectivity index is 1.27. The van der Waals surface area contributed by atoms with Crippen molar-refractivity contribution in [3.8, 4) is 11.5 Å². The standard InChI is InChI=1S/C22H24N2O3S2/c1-26-18-4-6-19(7-5-18)27-15-17-13-21(29-16-17)22(25)24-10-8-23(9-11-24)14-20-3-2-12-28-20/h2-7,12-13,16H,8-11,14-15H2,1H3. The van der Waals surface area contributed by atoms with Crippen molar-refractivity contribution in [1.29, 1.82) is 0 Å². The van der Waals surface area contributed by atoms with Crippen LogP contribution >= 0.6 is 22.7 Å². The zero-order valence-corrected chi connectivity index (χ0v) is 18.0. The Bertz CT molecular complexity index is 914. The van der Waals surface area contributed by atoms with Gasteiger partial charge in [0.2, 0.25) is 0 Å². The number of thiophene rings is 2. The molecule has 0 radical (unpaired) electrons. The van der Waals surface area contributed by atoms with Crippen molar-refractivity contribution in [1.82, 2.24) is 9.80 Å². The molecule has 1 aromatic carbocycles. The van der Waals surface area contributed by atoms with E-state index in [1.165, 1.54) is 16.2 Å². The average Bonchev–Trinajstić information content (AvgIpc) is 3.45. The highest BCUT2D eigenvalue weighted by atomic mass is 32.1. The van der Waals surface area contributed by atoms with E-state index < -0.39 is 0 Å². The number of nitrogens with zero attached hydrogens (tertiary/aromatic N) is 2. The Morgan fingerprint density at radius 2 is 1.79 bits per heavy atom. The zero-order valence-electron chi connectivity index (χ0n) is 16.4. The van der Waals surface area contributed by atoms with Gasteiger partial charge in [0.1, 0.15) is 18.1 Å². The maximum Gasteiger partial charge on any atom is 0.264 e. The van der Waals surface area contributed by atoms with Crippen molar-refractivity contribution in [2.24, 2.45) is 0 Å². The van der Waals surface area contributed by atoms with Crippen LogP contribution in [0.3, 0.4) is 0 Å². The summed E-state index contributed by atoms with van der Waals surface area (Å²) in [6.07, 6.45) is 0. The fourth-order valence-electron chi connectivity index (χ4n) is 3.29. The summed E-state index contributed by atoms with van der Waals surface area (Å²) >= 11 is 3.28. The van der Waals surface area contributed by atoms with Crippen LogP contribution in [0.15, 0.2) is 53.2 Å². The quantitative estimate of drug-likeness (QED) is 0.561. The first kappa shape index (κ1) is 19.9. The molecule has 7 heteroatoms. The molecule has 152 valence electrons. The minimum atomic E-state index is 0.126. The monoisotopic (exact) mass is 428 g/mol. The number of carbonyl (C=O) groups is 1. The van der Waals surface area contributed by atoms with Gasteiger partial charge in [0.15, 0.2) is 0 Å². The molecular formula is C22H24N2O3S2. The first-order valence-corrected chi connectivity index (χ1v) is 11.4. The molecule has 1 aliphatic rings. The summed E-state index contributed by atoms with van der Waals surface area (Å²) in [5.74, 6) is 1.71. The number of piperazine rings is 1. The lowest BCUT2D eigenvalue weighted by molar-refractivity contribution is 0.0634. The summed E-state index contributed by atoms with van der Waals surface area (Å²) < 4.78 is 11.0. The summed E-state index contributed by atoms with van der Waals surface area (Å²) in [6, 6.07) is 13.7. The Kier molecular flexibility index (Phi) is 6.49. The molecule has 0 aliphatic carbocycles. The molecule has 2 aromatic heterocycles. The van der Waals surface area contributed by atoms with E-state index in [2.05, 4.69) is 22.4 Å². The van der Waals surface area contributed by atoms with Crippen LogP contribution in [0.1, 0.15) is 20.1 Å². The molecule has 1 fully saturated rings. The largest absolute Gasteiger partial charge is 0.497 e. The van der Waals surface area contributed by atoms with E-state index in [1.54, 1.807) is 18.4 Å². The van der Waals surface area contributed by atoms with Crippen LogP contribution in [0.25, 0.3) is 0 Å². The van der Waals surface area contributed by atoms with Crippen molar-refractivity contribution < 1.29 is 14.3 Å². The number of benzene rings is 1. The molecular weight excluding hydrogens is 404 g/mol. The van der Waals surface area contributed by atoms with Crippen LogP contribution in [0, 0.1) is 0 Å². The number of hydrogen-bond acceptors (Lipinski definition) is 6. The van der Waals surface area contributed by atoms with Crippen LogP contribution in [-0.4, -0.2) is 49.0 Å². The third kappa shape index (κ3) is 5.18. The second kappa shape index (κ2) is 9.43. The van der Waals surface area contributed by atoms with Crippen molar-refractivity contribution in [3.05, 3.63) is 68.5 Å². The molecule has 4 rings (SSSR count). The highest BCUT2D eigenvalue weighted by Crippen LogP contribution is 2.22. The maximum atomic E-state index is 12.8. The van der Waals surface area contributed by atoms with Crippen molar-refractivity contribution in [2.45, 2.75) is 13.2 Å². The van der Waals surface area contributed by atoms with E-state index in [4.69, 9.17) is 9.47 Å². The molecule has 1 amide bonds. The maximum absolute atomic E-state index is 12.8. The first-order chi connectivity index (χ1) is 14.2. The molecule has 29 heavy (non-hydrogen) atoms. The fraction of sp³-hybridized carbons (Fsp3) is 0.318. The Morgan fingerprint density at radius 3 is 2.48 bits per heavy atom. The molecule has 0 N–H and O–H groups in total. The van der Waals surface area contributed by atoms with Crippen molar-refractivity contribution >= 4 is 28.6 Å². The lowest BCUT2D eigenvalue weighted by Crippen LogP contribution is -2.48. The first-order valence-electron chi connectivity index (χ1n) is 9.59. The Labute approximate surface area is 179 Å². The molecule has 0 saturated carbocycles. The van der Waals surface area contributed by atoms with E-state index in [0.717, 1.165) is 54.7 Å². The lowest BCUT2D eigenvalue weighted by Gasteiger charge is -2.34. The number of ether oxygens (including phenoxy) is 2. The van der Waals surface area contributed by atoms with Crippen LogP contribution in [0.5, 0.6) is 11.5 Å². The van der Waals surface area contributed by atoms with Gasteiger partial charge in [-0.05, 0) is 47.2 Å². The normalized spacial score (nSPS) is 14.7. The number of rotatable bonds is 7. The summed E-state index contributed by atoms with van der Waals surface area (Å²) in [6.45, 7) is 4.82. The molecule has 3 heterocycles. The number of hydrogen-bond donors (Lipinski definition) is 0. The number of carbonyl (C=O) groups excluding carboxylic acids is 1. The van der Waals surface area contributed by atoms with Gasteiger partial charge < -0.3 is 14.4 Å². The van der Waals surface area contributed by atoms with Crippen LogP contribution in [0.4, 0.5) is 0 Å². The highest BCUT2D eigenvalue weighted by Gasteiger charge is 2.23. The molecule has 0 bridgehead atoms. The third-order valence-electron chi connectivity index (χ3n) is 4.95. The van der Waals surface area contributed by atoms with Gasteiger partial charge in [0.05, 0.1) is 12.0 Å². The Hall–Kier alpha value is -2.35. The second-order valence-corrected chi connectivity index (χ2v) is 8.87. The van der Waals surface area contributed by atoms with Gasteiger partial charge in [-0.25, -0.2) is 0 Å². The minimum Gasteiger partial charge on any atom is -0.497 e. The molecule has 0 atom stereocenters. The predicted molar refractivity (Wildman–Crippen MR) is 117 cm³/mol. The van der Waals surface area contributed by atoms with E-state index in [-0.39, 0.29) is 5.91 Å². The smallest absolute Gasteiger partial charge is 0.264 e. The van der Waals surface area contributed by atoms with Gasteiger partial charge >= 0.3 is 0 Å². The van der Waals surface area contributed by atoms with E-state index in [9.17, 15) is 4.79 Å². The van der Waals surface area contributed by atoms with Gasteiger partial charge in [-0.3, -0.25) is 9.69 Å². The van der Waals surface area contributed by atoms with Gasteiger partial charge in [-0.15, -0.1) is 22.7 Å². The van der Waals surface area contributed by atoms with Gasteiger partial charge in [-0.1, -0.05) is 6.07 Å². The molecule has 1 aliphatic heterocycles. The summed E-state index contributed by atoms with van der Waals surface area (Å²) in [5, 5.41) is 4.12. The molecule has 5 nitrogen and oxygen atoms in total. The topological polar surface area (TPSA) is 42.0 Å². The number of methoxy groups -OCH3 is 1. The van der Waals surface area contributed by atoms with Gasteiger partial charge in [0.25, 0.3) is 5.91 Å². The van der Waals surface area contributed by atoms with Crippen molar-refractivity contribution in [2.75, 3.05) is 33.3 Å². The third-order valence-corrected chi connectivity index (χ3v) is 6.78. The van der Waals surface area contributed by atoms with Crippen LogP contribution in [0.2, 0.25) is 0 Å². The zero-order chi connectivity index (χ0) is 20.1. The molecule has 0 spiro atoms. The van der Waals surface area contributed by atoms with E-state index in [0.29, 0.717) is 6.61 Å². The molecule has 1 saturated heterocycles. The summed E-state index contributed by atoms with van der Waals surface area (Å²) in [4.78, 5) is 19.4. The highest BCUT2D eigenvalue weighted by molar-refractivity contribution is 7.12. The average molecular weight is 429 g/mol. The minimum absolute atomic E-state index is 0.126. The summed E-state index contributed by atoms with van der Waals surface area (Å²) in [5.41, 5.74) is 1.02. The Morgan fingerprint density at radius 1 is 1.03 bits per heavy atom. The SMILES string of the molecule is COc1ccc(OCc2csc(C(=O)N3CCN(Cc4cccs4)CC3)c2)cc1. The lowest BCUT2D eigenvalue weighted by atomic mass is 10.2. The van der Waals surface area contributed by atoms with E-state index in [1.807, 2.05) is 40.6 Å². The van der Waals surface area contributed by atoms with Crippen LogP contribution in [-0.2, 0) is 13.2 Å².